The molecule has 0 atom stereocenters. The van der Waals surface area contributed by atoms with E-state index in [1.54, 1.807) is 0 Å². The summed E-state index contributed by atoms with van der Waals surface area (Å²) in [6.07, 6.45) is 7.62. The SMILES string of the molecule is [B]C(/C=C\C(=C)c1cc2c(o1)CCNC2)=C/CC. The minimum absolute atomic E-state index is 0.761. The van der Waals surface area contributed by atoms with Crippen LogP contribution in [0.1, 0.15) is 30.4 Å². The van der Waals surface area contributed by atoms with Gasteiger partial charge in [-0.2, -0.15) is 0 Å². The van der Waals surface area contributed by atoms with Crippen molar-refractivity contribution in [2.75, 3.05) is 6.54 Å². The monoisotopic (exact) mass is 239 g/mol. The van der Waals surface area contributed by atoms with Crippen LogP contribution in [0.5, 0.6) is 0 Å². The summed E-state index contributed by atoms with van der Waals surface area (Å²) in [4.78, 5) is 0. The molecule has 1 aliphatic heterocycles. The van der Waals surface area contributed by atoms with E-state index in [-0.39, 0.29) is 0 Å². The lowest BCUT2D eigenvalue weighted by molar-refractivity contribution is 0.467. The van der Waals surface area contributed by atoms with Crippen molar-refractivity contribution < 1.29 is 4.42 Å². The molecule has 92 valence electrons. The highest BCUT2D eigenvalue weighted by Gasteiger charge is 2.15. The lowest BCUT2D eigenvalue weighted by atomic mass is 9.93. The molecule has 2 heterocycles. The fourth-order valence-electron chi connectivity index (χ4n) is 1.99. The van der Waals surface area contributed by atoms with E-state index in [0.29, 0.717) is 0 Å². The predicted molar refractivity (Wildman–Crippen MR) is 76.4 cm³/mol. The third kappa shape index (κ3) is 3.05. The molecule has 18 heavy (non-hydrogen) atoms. The van der Waals surface area contributed by atoms with Gasteiger partial charge in [-0.1, -0.05) is 31.7 Å². The van der Waals surface area contributed by atoms with Crippen LogP contribution in [0, 0.1) is 0 Å². The highest BCUT2D eigenvalue weighted by molar-refractivity contribution is 6.23. The number of hydrogen-bond donors (Lipinski definition) is 1. The Balaban J connectivity index is 2.09. The quantitative estimate of drug-likeness (QED) is 0.645. The van der Waals surface area contributed by atoms with Crippen LogP contribution in [0.2, 0.25) is 0 Å². The second kappa shape index (κ2) is 5.92. The second-order valence-corrected chi connectivity index (χ2v) is 4.46. The summed E-state index contributed by atoms with van der Waals surface area (Å²) < 4.78 is 5.81. The van der Waals surface area contributed by atoms with Gasteiger partial charge in [0.2, 0.25) is 0 Å². The predicted octanol–water partition coefficient (Wildman–Crippen LogP) is 2.96. The average Bonchev–Trinajstić information content (AvgIpc) is 2.80. The molecular weight excluding hydrogens is 221 g/mol. The number of allylic oxidation sites excluding steroid dienone is 5. The molecule has 0 aliphatic carbocycles. The Bertz CT molecular complexity index is 473. The molecule has 0 spiro atoms. The minimum Gasteiger partial charge on any atom is -0.461 e. The summed E-state index contributed by atoms with van der Waals surface area (Å²) in [6, 6.07) is 2.06. The lowest BCUT2D eigenvalue weighted by Crippen LogP contribution is -2.22. The van der Waals surface area contributed by atoms with E-state index in [4.69, 9.17) is 12.3 Å². The van der Waals surface area contributed by atoms with Gasteiger partial charge in [0.25, 0.3) is 0 Å². The molecule has 1 aliphatic rings. The standard InChI is InChI=1S/C15H18BNO/c1-3-4-13(16)6-5-11(2)15-9-12-10-17-8-7-14(12)18-15/h4-6,9,17H,2-3,7-8,10H2,1H3/b6-5-,13-4+. The number of fused-ring (bicyclic) bond motifs is 1. The molecule has 1 N–H and O–H groups in total. The lowest BCUT2D eigenvalue weighted by Gasteiger charge is -2.09. The van der Waals surface area contributed by atoms with E-state index in [1.165, 1.54) is 5.56 Å². The van der Waals surface area contributed by atoms with E-state index >= 15 is 0 Å². The summed E-state index contributed by atoms with van der Waals surface area (Å²) in [5.41, 5.74) is 2.86. The zero-order chi connectivity index (χ0) is 13.0. The maximum Gasteiger partial charge on any atom is 0.134 e. The highest BCUT2D eigenvalue weighted by atomic mass is 16.3. The molecule has 2 radical (unpaired) electrons. The van der Waals surface area contributed by atoms with E-state index in [0.717, 1.165) is 48.5 Å². The van der Waals surface area contributed by atoms with Crippen molar-refractivity contribution in [2.45, 2.75) is 26.3 Å². The molecule has 2 nitrogen and oxygen atoms in total. The van der Waals surface area contributed by atoms with Crippen LogP contribution >= 0.6 is 0 Å². The van der Waals surface area contributed by atoms with Crippen molar-refractivity contribution in [3.8, 4) is 0 Å². The number of hydrogen-bond acceptors (Lipinski definition) is 2. The first-order chi connectivity index (χ1) is 8.70. The largest absolute Gasteiger partial charge is 0.461 e. The van der Waals surface area contributed by atoms with Gasteiger partial charge in [0.1, 0.15) is 19.4 Å². The molecule has 2 rings (SSSR count). The number of rotatable bonds is 4. The van der Waals surface area contributed by atoms with Crippen LogP contribution in [0.25, 0.3) is 5.57 Å². The van der Waals surface area contributed by atoms with Gasteiger partial charge in [-0.3, -0.25) is 0 Å². The topological polar surface area (TPSA) is 25.2 Å². The third-order valence-corrected chi connectivity index (χ3v) is 2.97. The van der Waals surface area contributed by atoms with Crippen molar-refractivity contribution in [1.82, 2.24) is 5.32 Å². The number of furan rings is 1. The maximum atomic E-state index is 5.81. The molecule has 0 unspecified atom stereocenters. The van der Waals surface area contributed by atoms with Crippen molar-refractivity contribution in [3.63, 3.8) is 0 Å². The zero-order valence-electron chi connectivity index (χ0n) is 10.8. The van der Waals surface area contributed by atoms with E-state index in [1.807, 2.05) is 18.2 Å². The van der Waals surface area contributed by atoms with Crippen molar-refractivity contribution >= 4 is 13.4 Å². The Morgan fingerprint density at radius 1 is 1.56 bits per heavy atom. The molecule has 3 heteroatoms. The smallest absolute Gasteiger partial charge is 0.134 e. The third-order valence-electron chi connectivity index (χ3n) is 2.97. The molecule has 0 fully saturated rings. The maximum absolute atomic E-state index is 5.81. The van der Waals surface area contributed by atoms with Crippen LogP contribution in [0.15, 0.2) is 40.8 Å². The van der Waals surface area contributed by atoms with Crippen LogP contribution < -0.4 is 5.32 Å². The Morgan fingerprint density at radius 2 is 2.39 bits per heavy atom. The molecular formula is C15H18BNO. The van der Waals surface area contributed by atoms with E-state index in [9.17, 15) is 0 Å². The van der Waals surface area contributed by atoms with Gasteiger partial charge in [0, 0.05) is 30.6 Å². The van der Waals surface area contributed by atoms with Crippen LogP contribution in [-0.4, -0.2) is 14.4 Å². The Kier molecular flexibility index (Phi) is 4.26. The summed E-state index contributed by atoms with van der Waals surface area (Å²) in [5.74, 6) is 1.92. The fraction of sp³-hybridized carbons (Fsp3) is 0.333. The summed E-state index contributed by atoms with van der Waals surface area (Å²) >= 11 is 0. The highest BCUT2D eigenvalue weighted by Crippen LogP contribution is 2.24. The first kappa shape index (κ1) is 13.0. The van der Waals surface area contributed by atoms with Crippen molar-refractivity contribution in [3.05, 3.63) is 53.4 Å². The van der Waals surface area contributed by atoms with Gasteiger partial charge >= 0.3 is 0 Å². The molecule has 0 saturated heterocycles. The van der Waals surface area contributed by atoms with Crippen LogP contribution in [0.3, 0.4) is 0 Å². The van der Waals surface area contributed by atoms with Crippen molar-refractivity contribution in [1.29, 1.82) is 0 Å². The first-order valence-electron chi connectivity index (χ1n) is 6.36. The average molecular weight is 239 g/mol. The van der Waals surface area contributed by atoms with Gasteiger partial charge < -0.3 is 9.73 Å². The number of nitrogens with one attached hydrogen (secondary N) is 1. The first-order valence-corrected chi connectivity index (χ1v) is 6.36. The van der Waals surface area contributed by atoms with E-state index in [2.05, 4.69) is 24.9 Å². The molecule has 1 aromatic rings. The fourth-order valence-corrected chi connectivity index (χ4v) is 1.99. The Hall–Kier alpha value is -1.48. The molecule has 0 amide bonds. The van der Waals surface area contributed by atoms with Crippen LogP contribution in [0.4, 0.5) is 0 Å². The van der Waals surface area contributed by atoms with Gasteiger partial charge in [-0.25, -0.2) is 0 Å². The second-order valence-electron chi connectivity index (χ2n) is 4.46. The van der Waals surface area contributed by atoms with Crippen molar-refractivity contribution in [2.24, 2.45) is 0 Å². The molecule has 1 aromatic heterocycles. The molecule has 0 saturated carbocycles. The minimum atomic E-state index is 0.761. The van der Waals surface area contributed by atoms with Gasteiger partial charge in [0.05, 0.1) is 0 Å². The van der Waals surface area contributed by atoms with E-state index < -0.39 is 0 Å². The summed E-state index contributed by atoms with van der Waals surface area (Å²) in [5, 5.41) is 3.32. The summed E-state index contributed by atoms with van der Waals surface area (Å²) in [7, 11) is 5.80. The van der Waals surface area contributed by atoms with Gasteiger partial charge in [0.15, 0.2) is 0 Å². The normalized spacial score (nSPS) is 15.9. The molecule has 0 bridgehead atoms. The Labute approximate surface area is 110 Å². The Morgan fingerprint density at radius 3 is 3.11 bits per heavy atom. The summed E-state index contributed by atoms with van der Waals surface area (Å²) in [6.45, 7) is 7.94. The van der Waals surface area contributed by atoms with Gasteiger partial charge in [-0.05, 0) is 12.5 Å². The zero-order valence-corrected chi connectivity index (χ0v) is 10.8. The molecule has 0 aromatic carbocycles. The van der Waals surface area contributed by atoms with Gasteiger partial charge in [-0.15, -0.1) is 5.47 Å². The van der Waals surface area contributed by atoms with Crippen LogP contribution in [-0.2, 0) is 13.0 Å².